The third kappa shape index (κ3) is 4.61. The predicted molar refractivity (Wildman–Crippen MR) is 132 cm³/mol. The average molecular weight is 494 g/mol. The van der Waals surface area contributed by atoms with Crippen molar-refractivity contribution in [3.63, 3.8) is 0 Å². The maximum absolute atomic E-state index is 15.0. The Morgan fingerprint density at radius 3 is 2.53 bits per heavy atom. The Morgan fingerprint density at radius 1 is 1.14 bits per heavy atom. The number of H-pyrrole nitrogens is 1. The molecule has 0 bridgehead atoms. The number of fused-ring (bicyclic) bond motifs is 1. The molecule has 9 heteroatoms. The number of rotatable bonds is 7. The quantitative estimate of drug-likeness (QED) is 0.366. The number of ether oxygens (including phenoxy) is 3. The number of hydrogen-bond donors (Lipinski definition) is 2. The molecule has 0 saturated heterocycles. The third-order valence-corrected chi connectivity index (χ3v) is 6.17. The summed E-state index contributed by atoms with van der Waals surface area (Å²) < 4.78 is 46.7. The monoisotopic (exact) mass is 493 g/mol. The minimum atomic E-state index is -0.840. The minimum Gasteiger partial charge on any atom is -0.497 e. The van der Waals surface area contributed by atoms with Crippen LogP contribution in [0.25, 0.3) is 22.2 Å². The molecule has 0 spiro atoms. The van der Waals surface area contributed by atoms with E-state index in [1.165, 1.54) is 18.3 Å². The van der Waals surface area contributed by atoms with Gasteiger partial charge in [0.1, 0.15) is 17.1 Å². The Morgan fingerprint density at radius 2 is 1.89 bits per heavy atom. The lowest BCUT2D eigenvalue weighted by molar-refractivity contribution is 0.0691. The van der Waals surface area contributed by atoms with Crippen LogP contribution in [0.5, 0.6) is 17.2 Å². The zero-order chi connectivity index (χ0) is 25.3. The molecule has 2 N–H and O–H groups in total. The first-order valence-corrected chi connectivity index (χ1v) is 11.4. The number of aromatic amines is 1. The summed E-state index contributed by atoms with van der Waals surface area (Å²) in [6.07, 6.45) is 3.41. The van der Waals surface area contributed by atoms with Crippen LogP contribution in [0, 0.1) is 17.0 Å². The van der Waals surface area contributed by atoms with Crippen LogP contribution in [0.3, 0.4) is 0 Å². The summed E-state index contributed by atoms with van der Waals surface area (Å²) in [5.41, 5.74) is 2.08. The zero-order valence-electron chi connectivity index (χ0n) is 19.8. The van der Waals surface area contributed by atoms with E-state index in [4.69, 9.17) is 14.2 Å². The van der Waals surface area contributed by atoms with Gasteiger partial charge in [0.25, 0.3) is 0 Å². The SMILES string of the molecule is COc1ccc(-c2c[nH]c3nccc(Oc4c(F)cc(CC5=NCC(C)(CO)CO5)cc4F)c23)cc1. The molecule has 1 unspecified atom stereocenters. The molecule has 5 rings (SSSR count). The van der Waals surface area contributed by atoms with Crippen molar-refractivity contribution in [1.29, 1.82) is 0 Å². The summed E-state index contributed by atoms with van der Waals surface area (Å²) in [7, 11) is 1.59. The third-order valence-electron chi connectivity index (χ3n) is 6.17. The molecule has 2 aromatic carbocycles. The number of benzene rings is 2. The van der Waals surface area contributed by atoms with Gasteiger partial charge in [0.15, 0.2) is 23.3 Å². The maximum Gasteiger partial charge on any atom is 0.198 e. The predicted octanol–water partition coefficient (Wildman–Crippen LogP) is 5.28. The highest BCUT2D eigenvalue weighted by molar-refractivity contribution is 5.98. The maximum atomic E-state index is 15.0. The number of hydrogen-bond acceptors (Lipinski definition) is 6. The number of nitrogens with zero attached hydrogens (tertiary/aromatic N) is 2. The van der Waals surface area contributed by atoms with Gasteiger partial charge in [-0.3, -0.25) is 4.99 Å². The largest absolute Gasteiger partial charge is 0.497 e. The topological polar surface area (TPSA) is 89.0 Å². The van der Waals surface area contributed by atoms with E-state index >= 15 is 8.78 Å². The second kappa shape index (κ2) is 9.58. The number of methoxy groups -OCH3 is 1. The Balaban J connectivity index is 1.43. The fraction of sp³-hybridized carbons (Fsp3) is 0.259. The lowest BCUT2D eigenvalue weighted by atomic mass is 9.92. The van der Waals surface area contributed by atoms with Crippen LogP contribution >= 0.6 is 0 Å². The van der Waals surface area contributed by atoms with Gasteiger partial charge in [0, 0.05) is 29.8 Å². The molecule has 0 saturated carbocycles. The molecular weight excluding hydrogens is 468 g/mol. The number of aliphatic imine (C=N–C) groups is 1. The normalized spacial score (nSPS) is 17.5. The van der Waals surface area contributed by atoms with Crippen molar-refractivity contribution < 1.29 is 28.1 Å². The molecule has 2 aromatic heterocycles. The van der Waals surface area contributed by atoms with Gasteiger partial charge in [-0.05, 0) is 41.5 Å². The van der Waals surface area contributed by atoms with Crippen LogP contribution in [-0.2, 0) is 11.2 Å². The number of pyridine rings is 1. The van der Waals surface area contributed by atoms with E-state index in [0.717, 1.165) is 11.1 Å². The van der Waals surface area contributed by atoms with Crippen molar-refractivity contribution in [2.75, 3.05) is 26.9 Å². The van der Waals surface area contributed by atoms with Crippen LogP contribution in [-0.4, -0.2) is 47.8 Å². The van der Waals surface area contributed by atoms with Gasteiger partial charge < -0.3 is 24.3 Å². The van der Waals surface area contributed by atoms with Crippen molar-refractivity contribution in [2.45, 2.75) is 13.3 Å². The molecule has 186 valence electrons. The van der Waals surface area contributed by atoms with E-state index in [-0.39, 0.29) is 18.8 Å². The Labute approximate surface area is 206 Å². The summed E-state index contributed by atoms with van der Waals surface area (Å²) in [5, 5.41) is 10.0. The Kier molecular flexibility index (Phi) is 6.32. The lowest BCUT2D eigenvalue weighted by Gasteiger charge is -2.30. The van der Waals surface area contributed by atoms with Crippen molar-refractivity contribution in [2.24, 2.45) is 10.4 Å². The van der Waals surface area contributed by atoms with E-state index in [1.807, 2.05) is 31.2 Å². The van der Waals surface area contributed by atoms with Gasteiger partial charge in [-0.25, -0.2) is 13.8 Å². The van der Waals surface area contributed by atoms with Gasteiger partial charge in [-0.1, -0.05) is 19.1 Å². The molecule has 4 aromatic rings. The van der Waals surface area contributed by atoms with E-state index < -0.39 is 22.8 Å². The van der Waals surface area contributed by atoms with Crippen LogP contribution in [0.4, 0.5) is 8.78 Å². The number of halogens is 2. The molecule has 0 radical (unpaired) electrons. The summed E-state index contributed by atoms with van der Waals surface area (Å²) in [5.74, 6) is -0.834. The molecular formula is C27H25F2N3O4. The summed E-state index contributed by atoms with van der Waals surface area (Å²) in [4.78, 5) is 11.7. The lowest BCUT2D eigenvalue weighted by Crippen LogP contribution is -2.36. The van der Waals surface area contributed by atoms with Crippen LogP contribution in [0.2, 0.25) is 0 Å². The molecule has 1 atom stereocenters. The van der Waals surface area contributed by atoms with Crippen LogP contribution < -0.4 is 9.47 Å². The Bertz CT molecular complexity index is 1410. The van der Waals surface area contributed by atoms with E-state index in [0.29, 0.717) is 41.4 Å². The first-order chi connectivity index (χ1) is 17.4. The molecule has 36 heavy (non-hydrogen) atoms. The second-order valence-electron chi connectivity index (χ2n) is 9.10. The molecule has 0 fully saturated rings. The standard InChI is InChI=1S/C27H25F2N3O4/c1-27(14-33)13-32-23(35-15-27)11-16-9-20(28)25(21(29)10-16)36-22-7-8-30-26-24(22)19(12-31-26)17-3-5-18(34-2)6-4-17/h3-10,12,33H,11,13-15H2,1-2H3,(H,30,31). The first-order valence-electron chi connectivity index (χ1n) is 11.4. The van der Waals surface area contributed by atoms with Crippen molar-refractivity contribution in [3.8, 4) is 28.4 Å². The van der Waals surface area contributed by atoms with Gasteiger partial charge in [0.2, 0.25) is 0 Å². The second-order valence-corrected chi connectivity index (χ2v) is 9.10. The highest BCUT2D eigenvalue weighted by Crippen LogP contribution is 2.38. The summed E-state index contributed by atoms with van der Waals surface area (Å²) >= 11 is 0. The number of nitrogens with one attached hydrogen (secondary N) is 1. The smallest absolute Gasteiger partial charge is 0.198 e. The molecule has 3 heterocycles. The number of aliphatic hydroxyl groups is 1. The fourth-order valence-corrected chi connectivity index (χ4v) is 4.04. The Hall–Kier alpha value is -3.98. The fourth-order valence-electron chi connectivity index (χ4n) is 4.04. The average Bonchev–Trinajstić information content (AvgIpc) is 3.33. The summed E-state index contributed by atoms with van der Waals surface area (Å²) in [6, 6.07) is 11.4. The van der Waals surface area contributed by atoms with Crippen molar-refractivity contribution in [3.05, 3.63) is 72.1 Å². The van der Waals surface area contributed by atoms with Gasteiger partial charge in [-0.2, -0.15) is 0 Å². The molecule has 0 aliphatic carbocycles. The highest BCUT2D eigenvalue weighted by Gasteiger charge is 2.29. The molecule has 0 amide bonds. The van der Waals surface area contributed by atoms with Gasteiger partial charge >= 0.3 is 0 Å². The number of aliphatic hydroxyl groups excluding tert-OH is 1. The molecule has 1 aliphatic heterocycles. The van der Waals surface area contributed by atoms with Crippen molar-refractivity contribution >= 4 is 16.9 Å². The summed E-state index contributed by atoms with van der Waals surface area (Å²) in [6.45, 7) is 2.48. The number of aromatic nitrogens is 2. The van der Waals surface area contributed by atoms with Crippen molar-refractivity contribution in [1.82, 2.24) is 9.97 Å². The van der Waals surface area contributed by atoms with Gasteiger partial charge in [-0.15, -0.1) is 0 Å². The molecule has 7 nitrogen and oxygen atoms in total. The van der Waals surface area contributed by atoms with Gasteiger partial charge in [0.05, 0.1) is 32.3 Å². The van der Waals surface area contributed by atoms with Crippen LogP contribution in [0.1, 0.15) is 12.5 Å². The van der Waals surface area contributed by atoms with Crippen LogP contribution in [0.15, 0.2) is 59.9 Å². The van der Waals surface area contributed by atoms with E-state index in [1.54, 1.807) is 19.4 Å². The zero-order valence-corrected chi connectivity index (χ0v) is 19.8. The molecule has 1 aliphatic rings. The first kappa shape index (κ1) is 23.7. The highest BCUT2D eigenvalue weighted by atomic mass is 19.1. The van der Waals surface area contributed by atoms with E-state index in [2.05, 4.69) is 15.0 Å². The minimum absolute atomic E-state index is 0.0529. The van der Waals surface area contributed by atoms with E-state index in [9.17, 15) is 5.11 Å².